The Morgan fingerprint density at radius 1 is 0.850 bits per heavy atom. The Morgan fingerprint density at radius 2 is 1.25 bits per heavy atom. The van der Waals surface area contributed by atoms with Gasteiger partial charge in [-0.05, 0) is 6.42 Å². The molecule has 0 aliphatic heterocycles. The molecule has 0 spiro atoms. The summed E-state index contributed by atoms with van der Waals surface area (Å²) in [6.45, 7) is 4.81. The van der Waals surface area contributed by atoms with Crippen molar-refractivity contribution in [3.8, 4) is 0 Å². The molecule has 0 saturated heterocycles. The zero-order chi connectivity index (χ0) is 15.5. The maximum atomic E-state index is 9.00. The molecule has 0 aromatic carbocycles. The van der Waals surface area contributed by atoms with Crippen LogP contribution in [0.1, 0.15) is 78.1 Å². The van der Waals surface area contributed by atoms with Gasteiger partial charge < -0.3 is 14.9 Å². The molecule has 20 heavy (non-hydrogen) atoms. The fourth-order valence-electron chi connectivity index (χ4n) is 1.86. The molecule has 0 radical (unpaired) electrons. The third-order valence-electron chi connectivity index (χ3n) is 2.88. The van der Waals surface area contributed by atoms with Gasteiger partial charge in [0.2, 0.25) is 0 Å². The summed E-state index contributed by atoms with van der Waals surface area (Å²) in [5.74, 6) is -0.833. The molecule has 0 heterocycles. The summed E-state index contributed by atoms with van der Waals surface area (Å²) in [6, 6.07) is 0. The number of carbonyl (C=O) groups is 1. The molecule has 0 saturated carbocycles. The van der Waals surface area contributed by atoms with Gasteiger partial charge in [0.05, 0.1) is 13.2 Å². The van der Waals surface area contributed by atoms with E-state index >= 15 is 0 Å². The lowest BCUT2D eigenvalue weighted by Crippen LogP contribution is -2.00. The average molecular weight is 290 g/mol. The van der Waals surface area contributed by atoms with E-state index in [9.17, 15) is 0 Å². The van der Waals surface area contributed by atoms with Crippen molar-refractivity contribution < 1.29 is 19.7 Å². The van der Waals surface area contributed by atoms with Gasteiger partial charge in [0.1, 0.15) is 0 Å². The van der Waals surface area contributed by atoms with Crippen LogP contribution < -0.4 is 0 Å². The Kier molecular flexibility index (Phi) is 22.4. The second kappa shape index (κ2) is 20.7. The molecule has 0 aromatic heterocycles. The van der Waals surface area contributed by atoms with E-state index in [0.29, 0.717) is 6.61 Å². The molecule has 2 N–H and O–H groups in total. The number of aliphatic hydroxyl groups excluding tert-OH is 1. The SMILES string of the molecule is CC(=O)O.CCCCCCCCCCCCOCCO. The van der Waals surface area contributed by atoms with Crippen molar-refractivity contribution >= 4 is 5.97 Å². The van der Waals surface area contributed by atoms with Crippen LogP contribution in [0.5, 0.6) is 0 Å². The Morgan fingerprint density at radius 3 is 1.65 bits per heavy atom. The fourth-order valence-corrected chi connectivity index (χ4v) is 1.86. The van der Waals surface area contributed by atoms with E-state index in [0.717, 1.165) is 20.0 Å². The van der Waals surface area contributed by atoms with Gasteiger partial charge in [-0.2, -0.15) is 0 Å². The summed E-state index contributed by atoms with van der Waals surface area (Å²) in [5.41, 5.74) is 0. The Labute approximate surface area is 124 Å². The summed E-state index contributed by atoms with van der Waals surface area (Å²) in [4.78, 5) is 9.00. The van der Waals surface area contributed by atoms with Crippen LogP contribution in [-0.2, 0) is 9.53 Å². The van der Waals surface area contributed by atoms with Crippen molar-refractivity contribution in [2.45, 2.75) is 78.1 Å². The van der Waals surface area contributed by atoms with Crippen LogP contribution >= 0.6 is 0 Å². The summed E-state index contributed by atoms with van der Waals surface area (Å²) >= 11 is 0. The van der Waals surface area contributed by atoms with Gasteiger partial charge in [-0.25, -0.2) is 0 Å². The number of unbranched alkanes of at least 4 members (excludes halogenated alkanes) is 9. The minimum absolute atomic E-state index is 0.151. The van der Waals surface area contributed by atoms with E-state index in [1.54, 1.807) is 0 Å². The monoisotopic (exact) mass is 290 g/mol. The molecule has 0 rings (SSSR count). The summed E-state index contributed by atoms with van der Waals surface area (Å²) in [6.07, 6.45) is 13.6. The Bertz CT molecular complexity index is 165. The molecule has 0 unspecified atom stereocenters. The van der Waals surface area contributed by atoms with E-state index in [1.165, 1.54) is 57.8 Å². The van der Waals surface area contributed by atoms with E-state index in [1.807, 2.05) is 0 Å². The smallest absolute Gasteiger partial charge is 0.300 e. The lowest BCUT2D eigenvalue weighted by Gasteiger charge is -2.03. The lowest BCUT2D eigenvalue weighted by atomic mass is 10.1. The Hall–Kier alpha value is -0.610. The topological polar surface area (TPSA) is 66.8 Å². The van der Waals surface area contributed by atoms with Crippen molar-refractivity contribution in [1.82, 2.24) is 0 Å². The average Bonchev–Trinajstić information content (AvgIpc) is 2.39. The van der Waals surface area contributed by atoms with Crippen molar-refractivity contribution in [3.63, 3.8) is 0 Å². The van der Waals surface area contributed by atoms with Crippen LogP contribution in [0, 0.1) is 0 Å². The first-order chi connectivity index (χ1) is 9.65. The van der Waals surface area contributed by atoms with Crippen LogP contribution in [0.2, 0.25) is 0 Å². The number of hydrogen-bond donors (Lipinski definition) is 2. The number of aliphatic carboxylic acids is 1. The molecule has 4 nitrogen and oxygen atoms in total. The number of carboxylic acids is 1. The van der Waals surface area contributed by atoms with Crippen molar-refractivity contribution in [2.75, 3.05) is 19.8 Å². The quantitative estimate of drug-likeness (QED) is 0.503. The van der Waals surface area contributed by atoms with Gasteiger partial charge >= 0.3 is 0 Å². The molecule has 0 aromatic rings. The predicted molar refractivity (Wildman–Crippen MR) is 83.1 cm³/mol. The highest BCUT2D eigenvalue weighted by Gasteiger charge is 1.92. The highest BCUT2D eigenvalue weighted by Crippen LogP contribution is 2.10. The molecule has 0 aliphatic carbocycles. The van der Waals surface area contributed by atoms with Gasteiger partial charge in [0.25, 0.3) is 5.97 Å². The van der Waals surface area contributed by atoms with Gasteiger partial charge in [0.15, 0.2) is 0 Å². The van der Waals surface area contributed by atoms with E-state index < -0.39 is 5.97 Å². The summed E-state index contributed by atoms with van der Waals surface area (Å²) < 4.78 is 5.20. The van der Waals surface area contributed by atoms with Gasteiger partial charge in [-0.15, -0.1) is 0 Å². The third kappa shape index (κ3) is 30.4. The first-order valence-corrected chi connectivity index (χ1v) is 8.03. The Balaban J connectivity index is 0. The summed E-state index contributed by atoms with van der Waals surface area (Å²) in [7, 11) is 0. The normalized spacial score (nSPS) is 9.95. The molecule has 0 bridgehead atoms. The van der Waals surface area contributed by atoms with Gasteiger partial charge in [0, 0.05) is 13.5 Å². The zero-order valence-electron chi connectivity index (χ0n) is 13.4. The number of aliphatic hydroxyl groups is 1. The minimum atomic E-state index is -0.833. The van der Waals surface area contributed by atoms with Crippen LogP contribution in [0.3, 0.4) is 0 Å². The lowest BCUT2D eigenvalue weighted by molar-refractivity contribution is -0.134. The first kappa shape index (κ1) is 21.7. The van der Waals surface area contributed by atoms with E-state index in [-0.39, 0.29) is 6.61 Å². The van der Waals surface area contributed by atoms with Crippen molar-refractivity contribution in [2.24, 2.45) is 0 Å². The number of hydrogen-bond acceptors (Lipinski definition) is 3. The van der Waals surface area contributed by atoms with Crippen LogP contribution in [0.15, 0.2) is 0 Å². The molecule has 0 aliphatic rings. The van der Waals surface area contributed by atoms with Crippen LogP contribution in [0.4, 0.5) is 0 Å². The standard InChI is InChI=1S/C14H30O2.C2H4O2/c1-2-3-4-5-6-7-8-9-10-11-13-16-14-12-15;1-2(3)4/h15H,2-14H2,1H3;1H3,(H,3,4). The highest BCUT2D eigenvalue weighted by molar-refractivity contribution is 5.62. The van der Waals surface area contributed by atoms with Crippen molar-refractivity contribution in [1.29, 1.82) is 0 Å². The highest BCUT2D eigenvalue weighted by atomic mass is 16.5. The predicted octanol–water partition coefficient (Wildman–Crippen LogP) is 4.01. The molecule has 122 valence electrons. The summed E-state index contributed by atoms with van der Waals surface area (Å²) in [5, 5.41) is 15.9. The van der Waals surface area contributed by atoms with Gasteiger partial charge in [-0.1, -0.05) is 64.7 Å². The van der Waals surface area contributed by atoms with Crippen LogP contribution in [-0.4, -0.2) is 36.0 Å². The fraction of sp³-hybridized carbons (Fsp3) is 0.938. The van der Waals surface area contributed by atoms with Crippen LogP contribution in [0.25, 0.3) is 0 Å². The molecule has 0 atom stereocenters. The minimum Gasteiger partial charge on any atom is -0.481 e. The second-order valence-corrected chi connectivity index (χ2v) is 5.04. The van der Waals surface area contributed by atoms with E-state index in [2.05, 4.69) is 6.92 Å². The molecule has 0 fully saturated rings. The van der Waals surface area contributed by atoms with Gasteiger partial charge in [-0.3, -0.25) is 4.79 Å². The second-order valence-electron chi connectivity index (χ2n) is 5.04. The third-order valence-corrected chi connectivity index (χ3v) is 2.88. The van der Waals surface area contributed by atoms with E-state index in [4.69, 9.17) is 19.7 Å². The zero-order valence-corrected chi connectivity index (χ0v) is 13.4. The maximum absolute atomic E-state index is 9.00. The largest absolute Gasteiger partial charge is 0.481 e. The number of ether oxygens (including phenoxy) is 1. The molecule has 4 heteroatoms. The number of rotatable bonds is 13. The number of carboxylic acid groups (broad SMARTS) is 1. The van der Waals surface area contributed by atoms with Crippen molar-refractivity contribution in [3.05, 3.63) is 0 Å². The maximum Gasteiger partial charge on any atom is 0.300 e. The molecule has 0 amide bonds. The molecular weight excluding hydrogens is 256 g/mol. The molecular formula is C16H34O4. The first-order valence-electron chi connectivity index (χ1n) is 8.03.